The molecule has 4 aromatic rings. The number of fused-ring (bicyclic) bond motifs is 1. The standard InChI is InChI=1S/C24H29N7O4S2/c1-13(2)19(17-12-14(3)15(4)35-17)26-22-21(27-23-24(28-22)30-36-29-23)25-16-8-7-9-18(20(16)32)37(33,34)31-10-5-6-11-31/h7-9,12-13,19,32H,5-6,10-11H2,1-4H3,(H,25,27,29)(H,26,28,30)/t19-/m1/s1. The molecule has 1 aliphatic heterocycles. The first-order chi connectivity index (χ1) is 17.6. The summed E-state index contributed by atoms with van der Waals surface area (Å²) in [6.45, 7) is 8.91. The summed E-state index contributed by atoms with van der Waals surface area (Å²) in [6, 6.07) is 6.34. The number of aryl methyl sites for hydroxylation is 2. The topological polar surface area (TPSA) is 146 Å². The summed E-state index contributed by atoms with van der Waals surface area (Å²) >= 11 is 0.993. The van der Waals surface area contributed by atoms with Crippen molar-refractivity contribution in [3.8, 4) is 5.75 Å². The van der Waals surface area contributed by atoms with E-state index in [1.807, 2.05) is 19.9 Å². The van der Waals surface area contributed by atoms with Crippen LogP contribution in [0.1, 0.15) is 49.8 Å². The van der Waals surface area contributed by atoms with Gasteiger partial charge in [-0.1, -0.05) is 19.9 Å². The molecule has 1 aliphatic rings. The van der Waals surface area contributed by atoms with Crippen LogP contribution < -0.4 is 10.6 Å². The molecule has 0 spiro atoms. The number of aromatic nitrogens is 4. The number of anilines is 3. The van der Waals surface area contributed by atoms with Gasteiger partial charge in [0.1, 0.15) is 16.4 Å². The highest BCUT2D eigenvalue weighted by Gasteiger charge is 2.31. The van der Waals surface area contributed by atoms with Crippen LogP contribution in [0.4, 0.5) is 17.3 Å². The fourth-order valence-corrected chi connectivity index (χ4v) is 6.38. The van der Waals surface area contributed by atoms with Crippen molar-refractivity contribution < 1.29 is 17.9 Å². The van der Waals surface area contributed by atoms with Gasteiger partial charge >= 0.3 is 0 Å². The lowest BCUT2D eigenvalue weighted by atomic mass is 10.0. The normalized spacial score (nSPS) is 15.5. The molecule has 0 amide bonds. The van der Waals surface area contributed by atoms with Gasteiger partial charge in [-0.25, -0.2) is 18.4 Å². The van der Waals surface area contributed by atoms with E-state index in [0.717, 1.165) is 41.7 Å². The van der Waals surface area contributed by atoms with Crippen LogP contribution in [0.15, 0.2) is 33.6 Å². The maximum atomic E-state index is 13.1. The smallest absolute Gasteiger partial charge is 0.246 e. The number of furan rings is 1. The first-order valence-electron chi connectivity index (χ1n) is 12.1. The highest BCUT2D eigenvalue weighted by molar-refractivity contribution is 7.89. The molecule has 1 saturated heterocycles. The Hall–Kier alpha value is -3.29. The predicted octanol–water partition coefficient (Wildman–Crippen LogP) is 4.73. The molecule has 0 bridgehead atoms. The first kappa shape index (κ1) is 25.4. The summed E-state index contributed by atoms with van der Waals surface area (Å²) in [4.78, 5) is 9.04. The Morgan fingerprint density at radius 1 is 1.08 bits per heavy atom. The Morgan fingerprint density at radius 2 is 1.76 bits per heavy atom. The lowest BCUT2D eigenvalue weighted by Gasteiger charge is -2.22. The van der Waals surface area contributed by atoms with Gasteiger partial charge in [0.2, 0.25) is 21.3 Å². The molecule has 1 aromatic carbocycles. The van der Waals surface area contributed by atoms with E-state index in [4.69, 9.17) is 4.42 Å². The summed E-state index contributed by atoms with van der Waals surface area (Å²) in [6.07, 6.45) is 1.60. The third kappa shape index (κ3) is 4.86. The van der Waals surface area contributed by atoms with E-state index in [0.29, 0.717) is 30.2 Å². The highest BCUT2D eigenvalue weighted by atomic mass is 32.2. The van der Waals surface area contributed by atoms with Gasteiger partial charge in [-0.05, 0) is 56.4 Å². The third-order valence-electron chi connectivity index (χ3n) is 6.50. The van der Waals surface area contributed by atoms with E-state index >= 15 is 0 Å². The average Bonchev–Trinajstić information content (AvgIpc) is 3.60. The van der Waals surface area contributed by atoms with Gasteiger partial charge in [-0.2, -0.15) is 13.1 Å². The largest absolute Gasteiger partial charge is 0.504 e. The number of phenols is 1. The van der Waals surface area contributed by atoms with E-state index in [1.165, 1.54) is 10.4 Å². The monoisotopic (exact) mass is 543 g/mol. The van der Waals surface area contributed by atoms with Crippen molar-refractivity contribution in [2.45, 2.75) is 51.5 Å². The second-order valence-corrected chi connectivity index (χ2v) is 11.9. The van der Waals surface area contributed by atoms with Crippen molar-refractivity contribution in [3.63, 3.8) is 0 Å². The molecule has 3 aromatic heterocycles. The van der Waals surface area contributed by atoms with E-state index in [9.17, 15) is 13.5 Å². The minimum absolute atomic E-state index is 0.131. The zero-order valence-corrected chi connectivity index (χ0v) is 22.7. The molecular weight excluding hydrogens is 514 g/mol. The van der Waals surface area contributed by atoms with Crippen LogP contribution >= 0.6 is 11.7 Å². The summed E-state index contributed by atoms with van der Waals surface area (Å²) in [5.41, 5.74) is 1.95. The molecule has 1 fully saturated rings. The number of sulfonamides is 1. The summed E-state index contributed by atoms with van der Waals surface area (Å²) < 4.78 is 42.1. The van der Waals surface area contributed by atoms with Crippen LogP contribution in [0.25, 0.3) is 11.3 Å². The predicted molar refractivity (Wildman–Crippen MR) is 142 cm³/mol. The molecule has 0 saturated carbocycles. The second kappa shape index (κ2) is 9.88. The van der Waals surface area contributed by atoms with Crippen LogP contribution in [0.2, 0.25) is 0 Å². The van der Waals surface area contributed by atoms with E-state index in [-0.39, 0.29) is 34.1 Å². The molecular formula is C24H29N7O4S2. The average molecular weight is 544 g/mol. The van der Waals surface area contributed by atoms with Gasteiger partial charge in [0.05, 0.1) is 23.5 Å². The zero-order valence-electron chi connectivity index (χ0n) is 21.0. The highest BCUT2D eigenvalue weighted by Crippen LogP contribution is 2.38. The quantitative estimate of drug-likeness (QED) is 0.266. The Balaban J connectivity index is 1.53. The number of phenolic OH excluding ortho intramolecular Hbond substituents is 1. The lowest BCUT2D eigenvalue weighted by Crippen LogP contribution is -2.28. The van der Waals surface area contributed by atoms with Crippen molar-refractivity contribution in [2.75, 3.05) is 23.7 Å². The van der Waals surface area contributed by atoms with E-state index < -0.39 is 10.0 Å². The van der Waals surface area contributed by atoms with Gasteiger partial charge in [0.25, 0.3) is 0 Å². The Morgan fingerprint density at radius 3 is 2.38 bits per heavy atom. The van der Waals surface area contributed by atoms with E-state index in [1.54, 1.807) is 12.1 Å². The van der Waals surface area contributed by atoms with Crippen LogP contribution in [-0.4, -0.2) is 49.6 Å². The molecule has 5 rings (SSSR count). The number of para-hydroxylation sites is 1. The lowest BCUT2D eigenvalue weighted by molar-refractivity contribution is 0.407. The third-order valence-corrected chi connectivity index (χ3v) is 8.94. The molecule has 37 heavy (non-hydrogen) atoms. The van der Waals surface area contributed by atoms with Gasteiger partial charge in [-0.3, -0.25) is 0 Å². The molecule has 196 valence electrons. The number of aromatic hydroxyl groups is 1. The number of benzene rings is 1. The molecule has 3 N–H and O–H groups in total. The molecule has 4 heterocycles. The molecule has 0 unspecified atom stereocenters. The van der Waals surface area contributed by atoms with Gasteiger partial charge in [0.15, 0.2) is 17.4 Å². The van der Waals surface area contributed by atoms with Crippen LogP contribution in [0.5, 0.6) is 5.75 Å². The Kier molecular flexibility index (Phi) is 6.77. The molecule has 0 aliphatic carbocycles. The summed E-state index contributed by atoms with van der Waals surface area (Å²) in [7, 11) is -3.83. The molecule has 0 radical (unpaired) electrons. The molecule has 11 nitrogen and oxygen atoms in total. The van der Waals surface area contributed by atoms with Crippen LogP contribution in [0.3, 0.4) is 0 Å². The number of nitrogens with one attached hydrogen (secondary N) is 2. The fourth-order valence-electron chi connectivity index (χ4n) is 4.32. The zero-order chi connectivity index (χ0) is 26.3. The van der Waals surface area contributed by atoms with Crippen molar-refractivity contribution in [2.24, 2.45) is 5.92 Å². The van der Waals surface area contributed by atoms with E-state index in [2.05, 4.69) is 43.2 Å². The Labute approximate surface area is 219 Å². The van der Waals surface area contributed by atoms with Crippen molar-refractivity contribution in [1.82, 2.24) is 23.0 Å². The van der Waals surface area contributed by atoms with Gasteiger partial charge in [-0.15, -0.1) is 0 Å². The van der Waals surface area contributed by atoms with Crippen molar-refractivity contribution in [3.05, 3.63) is 41.3 Å². The minimum Gasteiger partial charge on any atom is -0.504 e. The second-order valence-electron chi connectivity index (χ2n) is 9.47. The fraction of sp³-hybridized carbons (Fsp3) is 0.417. The number of hydrogen-bond donors (Lipinski definition) is 3. The maximum Gasteiger partial charge on any atom is 0.246 e. The first-order valence-corrected chi connectivity index (χ1v) is 14.2. The molecule has 1 atom stereocenters. The number of hydrogen-bond acceptors (Lipinski definition) is 11. The minimum atomic E-state index is -3.83. The number of nitrogens with zero attached hydrogens (tertiary/aromatic N) is 5. The number of rotatable bonds is 8. The Bertz CT molecular complexity index is 1520. The van der Waals surface area contributed by atoms with Crippen LogP contribution in [-0.2, 0) is 10.0 Å². The van der Waals surface area contributed by atoms with Crippen molar-refractivity contribution in [1.29, 1.82) is 0 Å². The van der Waals surface area contributed by atoms with Gasteiger partial charge < -0.3 is 20.2 Å². The summed E-state index contributed by atoms with van der Waals surface area (Å²) in [5, 5.41) is 17.5. The molecule has 13 heteroatoms. The maximum absolute atomic E-state index is 13.1. The SMILES string of the molecule is Cc1cc([C@H](Nc2nc3nsnc3nc2Nc2cccc(S(=O)(=O)N3CCCC3)c2O)C(C)C)oc1C. The summed E-state index contributed by atoms with van der Waals surface area (Å²) in [5.74, 6) is 2.00. The van der Waals surface area contributed by atoms with Gasteiger partial charge in [0, 0.05) is 13.1 Å². The van der Waals surface area contributed by atoms with Crippen LogP contribution in [0, 0.1) is 19.8 Å². The van der Waals surface area contributed by atoms with Crippen molar-refractivity contribution >= 4 is 50.4 Å².